The van der Waals surface area contributed by atoms with Crippen LogP contribution < -0.4 is 0 Å². The maximum Gasteiger partial charge on any atom is 0.123 e. The monoisotopic (exact) mass is 254 g/mol. The van der Waals surface area contributed by atoms with Crippen molar-refractivity contribution in [3.8, 4) is 5.75 Å². The Kier molecular flexibility index (Phi) is 4.62. The van der Waals surface area contributed by atoms with E-state index >= 15 is 0 Å². The zero-order valence-electron chi connectivity index (χ0n) is 11.8. The summed E-state index contributed by atoms with van der Waals surface area (Å²) in [6.45, 7) is 4.37. The smallest absolute Gasteiger partial charge is 0.123 e. The van der Waals surface area contributed by atoms with Gasteiger partial charge in [0.15, 0.2) is 0 Å². The molecule has 0 heterocycles. The SMILES string of the molecule is CCCCC/C(C)=C\c1c(O)ccc2ccccc12. The van der Waals surface area contributed by atoms with E-state index in [0.717, 1.165) is 17.4 Å². The topological polar surface area (TPSA) is 20.2 Å². The number of phenolic OH excluding ortho intramolecular Hbond substituents is 1. The first-order valence-corrected chi connectivity index (χ1v) is 7.10. The van der Waals surface area contributed by atoms with Gasteiger partial charge >= 0.3 is 0 Å². The van der Waals surface area contributed by atoms with Gasteiger partial charge in [0.25, 0.3) is 0 Å². The van der Waals surface area contributed by atoms with Gasteiger partial charge in [-0.05, 0) is 36.6 Å². The zero-order chi connectivity index (χ0) is 13.7. The quantitative estimate of drug-likeness (QED) is 0.696. The summed E-state index contributed by atoms with van der Waals surface area (Å²) in [5.74, 6) is 0.369. The van der Waals surface area contributed by atoms with Crippen molar-refractivity contribution < 1.29 is 5.11 Å². The second-order valence-corrected chi connectivity index (χ2v) is 5.17. The summed E-state index contributed by atoms with van der Waals surface area (Å²) in [7, 11) is 0. The minimum Gasteiger partial charge on any atom is -0.507 e. The summed E-state index contributed by atoms with van der Waals surface area (Å²) in [5, 5.41) is 12.4. The third-order valence-electron chi connectivity index (χ3n) is 3.51. The summed E-state index contributed by atoms with van der Waals surface area (Å²) in [6, 6.07) is 12.0. The van der Waals surface area contributed by atoms with Gasteiger partial charge in [-0.2, -0.15) is 0 Å². The molecule has 0 aromatic heterocycles. The molecule has 2 aromatic carbocycles. The van der Waals surface area contributed by atoms with Gasteiger partial charge < -0.3 is 5.11 Å². The molecule has 100 valence electrons. The van der Waals surface area contributed by atoms with Crippen molar-refractivity contribution in [3.63, 3.8) is 0 Å². The van der Waals surface area contributed by atoms with Crippen LogP contribution in [0.3, 0.4) is 0 Å². The fourth-order valence-electron chi connectivity index (χ4n) is 2.41. The predicted octanol–water partition coefficient (Wildman–Crippen LogP) is 5.53. The van der Waals surface area contributed by atoms with Crippen LogP contribution in [0.5, 0.6) is 5.75 Å². The van der Waals surface area contributed by atoms with Crippen LogP contribution >= 0.6 is 0 Å². The molecule has 0 unspecified atom stereocenters. The van der Waals surface area contributed by atoms with Crippen LogP contribution in [0.2, 0.25) is 0 Å². The fourth-order valence-corrected chi connectivity index (χ4v) is 2.41. The number of unbranched alkanes of at least 4 members (excludes halogenated alkanes) is 2. The van der Waals surface area contributed by atoms with E-state index in [0.29, 0.717) is 5.75 Å². The fraction of sp³-hybridized carbons (Fsp3) is 0.333. The molecule has 1 heteroatoms. The lowest BCUT2D eigenvalue weighted by molar-refractivity contribution is 0.475. The predicted molar refractivity (Wildman–Crippen MR) is 83.4 cm³/mol. The van der Waals surface area contributed by atoms with E-state index in [9.17, 15) is 5.11 Å². The molecule has 19 heavy (non-hydrogen) atoms. The Labute approximate surface area is 115 Å². The highest BCUT2D eigenvalue weighted by molar-refractivity contribution is 5.93. The molecule has 1 nitrogen and oxygen atoms in total. The lowest BCUT2D eigenvalue weighted by Crippen LogP contribution is -1.83. The first-order chi connectivity index (χ1) is 9.22. The lowest BCUT2D eigenvalue weighted by Gasteiger charge is -2.07. The van der Waals surface area contributed by atoms with Gasteiger partial charge in [0.05, 0.1) is 0 Å². The Balaban J connectivity index is 2.33. The van der Waals surface area contributed by atoms with Gasteiger partial charge in [0.1, 0.15) is 5.75 Å². The summed E-state index contributed by atoms with van der Waals surface area (Å²) in [5.41, 5.74) is 2.28. The van der Waals surface area contributed by atoms with Crippen molar-refractivity contribution in [2.45, 2.75) is 39.5 Å². The molecule has 1 N–H and O–H groups in total. The standard InChI is InChI=1S/C18H22O/c1-3-4-5-8-14(2)13-17-16-10-7-6-9-15(16)11-12-18(17)19/h6-7,9-13,19H,3-5,8H2,1-2H3/b14-13-. The second kappa shape index (κ2) is 6.42. The van der Waals surface area contributed by atoms with E-state index < -0.39 is 0 Å². The number of hydrogen-bond acceptors (Lipinski definition) is 1. The Morgan fingerprint density at radius 1 is 1.11 bits per heavy atom. The minimum atomic E-state index is 0.369. The molecule has 0 bridgehead atoms. The summed E-state index contributed by atoms with van der Waals surface area (Å²) >= 11 is 0. The number of rotatable bonds is 5. The first-order valence-electron chi connectivity index (χ1n) is 7.10. The molecule has 0 aliphatic heterocycles. The van der Waals surface area contributed by atoms with Crippen LogP contribution in [-0.2, 0) is 0 Å². The maximum atomic E-state index is 10.1. The van der Waals surface area contributed by atoms with Crippen LogP contribution in [0, 0.1) is 0 Å². The molecule has 0 saturated carbocycles. The Bertz CT molecular complexity index is 581. The number of hydrogen-bond donors (Lipinski definition) is 1. The molecule has 0 atom stereocenters. The third kappa shape index (κ3) is 3.37. The number of phenols is 1. The zero-order valence-corrected chi connectivity index (χ0v) is 11.8. The van der Waals surface area contributed by atoms with Crippen molar-refractivity contribution in [2.75, 3.05) is 0 Å². The highest BCUT2D eigenvalue weighted by Crippen LogP contribution is 2.29. The van der Waals surface area contributed by atoms with Gasteiger partial charge in [-0.25, -0.2) is 0 Å². The molecule has 0 amide bonds. The minimum absolute atomic E-state index is 0.369. The summed E-state index contributed by atoms with van der Waals surface area (Å²) < 4.78 is 0. The van der Waals surface area contributed by atoms with E-state index in [4.69, 9.17) is 0 Å². The number of aromatic hydroxyl groups is 1. The molecule has 0 aliphatic rings. The number of fused-ring (bicyclic) bond motifs is 1. The molecule has 0 saturated heterocycles. The van der Waals surface area contributed by atoms with E-state index in [1.165, 1.54) is 30.2 Å². The molecular weight excluding hydrogens is 232 g/mol. The largest absolute Gasteiger partial charge is 0.507 e. The molecule has 2 rings (SSSR count). The highest BCUT2D eigenvalue weighted by Gasteiger charge is 2.04. The Morgan fingerprint density at radius 2 is 1.89 bits per heavy atom. The molecule has 0 radical (unpaired) electrons. The maximum absolute atomic E-state index is 10.1. The normalized spacial score (nSPS) is 12.0. The highest BCUT2D eigenvalue weighted by atomic mass is 16.3. The third-order valence-corrected chi connectivity index (χ3v) is 3.51. The summed E-state index contributed by atoms with van der Waals surface area (Å²) in [6.07, 6.45) is 6.98. The van der Waals surface area contributed by atoms with Crippen molar-refractivity contribution in [1.82, 2.24) is 0 Å². The first kappa shape index (κ1) is 13.7. The van der Waals surface area contributed by atoms with Crippen molar-refractivity contribution in [3.05, 3.63) is 47.5 Å². The van der Waals surface area contributed by atoms with Crippen LogP contribution in [0.15, 0.2) is 42.0 Å². The second-order valence-electron chi connectivity index (χ2n) is 5.17. The van der Waals surface area contributed by atoms with Crippen LogP contribution in [-0.4, -0.2) is 5.11 Å². The number of allylic oxidation sites excluding steroid dienone is 1. The molecular formula is C18H22O. The molecule has 0 aliphatic carbocycles. The molecule has 0 spiro atoms. The van der Waals surface area contributed by atoms with Gasteiger partial charge in [-0.15, -0.1) is 0 Å². The van der Waals surface area contributed by atoms with E-state index in [-0.39, 0.29) is 0 Å². The van der Waals surface area contributed by atoms with Crippen molar-refractivity contribution in [2.24, 2.45) is 0 Å². The van der Waals surface area contributed by atoms with E-state index in [1.54, 1.807) is 6.07 Å². The Morgan fingerprint density at radius 3 is 2.68 bits per heavy atom. The van der Waals surface area contributed by atoms with E-state index in [2.05, 4.69) is 32.1 Å². The van der Waals surface area contributed by atoms with Crippen LogP contribution in [0.1, 0.15) is 45.1 Å². The van der Waals surface area contributed by atoms with Gasteiger partial charge in [-0.1, -0.05) is 61.7 Å². The molecule has 2 aromatic rings. The average Bonchev–Trinajstić information content (AvgIpc) is 2.42. The Hall–Kier alpha value is -1.76. The van der Waals surface area contributed by atoms with Crippen molar-refractivity contribution in [1.29, 1.82) is 0 Å². The van der Waals surface area contributed by atoms with E-state index in [1.807, 2.05) is 18.2 Å². The summed E-state index contributed by atoms with van der Waals surface area (Å²) in [4.78, 5) is 0. The number of benzene rings is 2. The van der Waals surface area contributed by atoms with Crippen molar-refractivity contribution >= 4 is 16.8 Å². The lowest BCUT2D eigenvalue weighted by atomic mass is 10.00. The van der Waals surface area contributed by atoms with Crippen LogP contribution in [0.25, 0.3) is 16.8 Å². The van der Waals surface area contributed by atoms with Gasteiger partial charge in [0.2, 0.25) is 0 Å². The van der Waals surface area contributed by atoms with Gasteiger partial charge in [-0.3, -0.25) is 0 Å². The average molecular weight is 254 g/mol. The van der Waals surface area contributed by atoms with Crippen LogP contribution in [0.4, 0.5) is 0 Å². The van der Waals surface area contributed by atoms with Gasteiger partial charge in [0, 0.05) is 5.56 Å². The molecule has 0 fully saturated rings.